The molecule has 1 fully saturated rings. The molecule has 126 valence electrons. The van der Waals surface area contributed by atoms with E-state index in [4.69, 9.17) is 21.1 Å². The Labute approximate surface area is 141 Å². The summed E-state index contributed by atoms with van der Waals surface area (Å²) in [5.74, 6) is 0.884. The van der Waals surface area contributed by atoms with Gasteiger partial charge < -0.3 is 19.7 Å². The molecule has 1 saturated heterocycles. The van der Waals surface area contributed by atoms with Gasteiger partial charge in [0.25, 0.3) is 5.91 Å². The molecule has 1 aromatic carbocycles. The van der Waals surface area contributed by atoms with E-state index in [1.807, 2.05) is 0 Å². The lowest BCUT2D eigenvalue weighted by atomic mass is 10.1. The molecule has 0 saturated carbocycles. The molecule has 6 nitrogen and oxygen atoms in total. The smallest absolute Gasteiger partial charge is 0.251 e. The Bertz CT molecular complexity index is 588. The van der Waals surface area contributed by atoms with Gasteiger partial charge in [0.05, 0.1) is 5.02 Å². The van der Waals surface area contributed by atoms with Crippen molar-refractivity contribution in [2.45, 2.75) is 13.0 Å². The highest BCUT2D eigenvalue weighted by Crippen LogP contribution is 2.39. The average Bonchev–Trinajstić information content (AvgIpc) is 3.02. The van der Waals surface area contributed by atoms with Crippen LogP contribution in [0.25, 0.3) is 0 Å². The highest BCUT2D eigenvalue weighted by molar-refractivity contribution is 6.32. The quantitative estimate of drug-likeness (QED) is 0.899. The standard InChI is InChI=1S/C16H22ClN3O3/c1-11(20-5-3-19(2)4-6-20)9-18-16(21)12-7-13(17)15-14(8-12)22-10-23-15/h7-8,11H,3-6,9-10H2,1-2H3,(H,18,21). The predicted molar refractivity (Wildman–Crippen MR) is 88.4 cm³/mol. The molecule has 0 bridgehead atoms. The molecule has 2 aliphatic rings. The Balaban J connectivity index is 1.56. The molecule has 2 heterocycles. The molecule has 0 radical (unpaired) electrons. The molecule has 0 aliphatic carbocycles. The first-order chi connectivity index (χ1) is 11.0. The zero-order valence-corrected chi connectivity index (χ0v) is 14.2. The summed E-state index contributed by atoms with van der Waals surface area (Å²) in [5.41, 5.74) is 0.491. The molecule has 2 aliphatic heterocycles. The van der Waals surface area contributed by atoms with Crippen LogP contribution in [0.15, 0.2) is 12.1 Å². The second-order valence-corrected chi connectivity index (χ2v) is 6.50. The summed E-state index contributed by atoms with van der Waals surface area (Å²) in [5, 5.41) is 3.38. The lowest BCUT2D eigenvalue weighted by Crippen LogP contribution is -2.51. The molecule has 7 heteroatoms. The maximum absolute atomic E-state index is 12.3. The van der Waals surface area contributed by atoms with Crippen LogP contribution in [0.1, 0.15) is 17.3 Å². The summed E-state index contributed by atoms with van der Waals surface area (Å²) in [6, 6.07) is 3.59. The Morgan fingerprint density at radius 1 is 1.30 bits per heavy atom. The molecular formula is C16H22ClN3O3. The third kappa shape index (κ3) is 3.71. The fourth-order valence-corrected chi connectivity index (χ4v) is 3.10. The molecule has 1 unspecified atom stereocenters. The first-order valence-electron chi connectivity index (χ1n) is 7.84. The highest BCUT2D eigenvalue weighted by Gasteiger charge is 2.22. The van der Waals surface area contributed by atoms with Crippen molar-refractivity contribution in [3.8, 4) is 11.5 Å². The first kappa shape index (κ1) is 16.4. The van der Waals surface area contributed by atoms with Crippen LogP contribution in [0, 0.1) is 0 Å². The van der Waals surface area contributed by atoms with E-state index in [0.29, 0.717) is 34.7 Å². The zero-order valence-electron chi connectivity index (χ0n) is 13.5. The van der Waals surface area contributed by atoms with Crippen molar-refractivity contribution in [2.75, 3.05) is 46.6 Å². The summed E-state index contributed by atoms with van der Waals surface area (Å²) >= 11 is 6.12. The van der Waals surface area contributed by atoms with Gasteiger partial charge in [0.1, 0.15) is 0 Å². The van der Waals surface area contributed by atoms with Gasteiger partial charge in [-0.2, -0.15) is 0 Å². The van der Waals surface area contributed by atoms with E-state index in [2.05, 4.69) is 29.1 Å². The van der Waals surface area contributed by atoms with E-state index >= 15 is 0 Å². The van der Waals surface area contributed by atoms with Crippen molar-refractivity contribution < 1.29 is 14.3 Å². The Morgan fingerprint density at radius 2 is 2.04 bits per heavy atom. The minimum absolute atomic E-state index is 0.139. The number of hydrogen-bond acceptors (Lipinski definition) is 5. The van der Waals surface area contributed by atoms with Crippen molar-refractivity contribution >= 4 is 17.5 Å². The van der Waals surface area contributed by atoms with Gasteiger partial charge in [0.2, 0.25) is 6.79 Å². The number of nitrogens with zero attached hydrogens (tertiary/aromatic N) is 2. The highest BCUT2D eigenvalue weighted by atomic mass is 35.5. The van der Waals surface area contributed by atoms with Crippen molar-refractivity contribution in [1.29, 1.82) is 0 Å². The zero-order chi connectivity index (χ0) is 16.4. The molecule has 0 aromatic heterocycles. The number of rotatable bonds is 4. The Kier molecular flexibility index (Phi) is 4.94. The number of hydrogen-bond donors (Lipinski definition) is 1. The number of nitrogens with one attached hydrogen (secondary N) is 1. The van der Waals surface area contributed by atoms with Gasteiger partial charge in [-0.15, -0.1) is 0 Å². The summed E-state index contributed by atoms with van der Waals surface area (Å²) in [7, 11) is 2.13. The topological polar surface area (TPSA) is 54.0 Å². The second-order valence-electron chi connectivity index (χ2n) is 6.09. The fourth-order valence-electron chi connectivity index (χ4n) is 2.83. The number of likely N-dealkylation sites (N-methyl/N-ethyl adjacent to an activating group) is 1. The number of carbonyl (C=O) groups is 1. The van der Waals surface area contributed by atoms with Crippen LogP contribution in [-0.2, 0) is 0 Å². The van der Waals surface area contributed by atoms with E-state index < -0.39 is 0 Å². The van der Waals surface area contributed by atoms with E-state index in [9.17, 15) is 4.79 Å². The normalized spacial score (nSPS) is 19.6. The molecule has 1 aromatic rings. The van der Waals surface area contributed by atoms with Crippen LogP contribution in [0.4, 0.5) is 0 Å². The second kappa shape index (κ2) is 6.95. The average molecular weight is 340 g/mol. The number of benzene rings is 1. The van der Waals surface area contributed by atoms with Crippen LogP contribution in [0.3, 0.4) is 0 Å². The molecule has 1 N–H and O–H groups in total. The lowest BCUT2D eigenvalue weighted by Gasteiger charge is -2.36. The Hall–Kier alpha value is -1.50. The largest absolute Gasteiger partial charge is 0.454 e. The third-order valence-corrected chi connectivity index (χ3v) is 4.69. The van der Waals surface area contributed by atoms with Gasteiger partial charge in [-0.1, -0.05) is 11.6 Å². The summed E-state index contributed by atoms with van der Waals surface area (Å²) in [6.45, 7) is 7.08. The minimum atomic E-state index is -0.147. The van der Waals surface area contributed by atoms with Crippen molar-refractivity contribution in [2.24, 2.45) is 0 Å². The van der Waals surface area contributed by atoms with E-state index in [1.54, 1.807) is 12.1 Å². The monoisotopic (exact) mass is 339 g/mol. The third-order valence-electron chi connectivity index (χ3n) is 4.41. The van der Waals surface area contributed by atoms with Crippen LogP contribution < -0.4 is 14.8 Å². The number of halogens is 1. The van der Waals surface area contributed by atoms with Gasteiger partial charge in [0, 0.05) is 44.3 Å². The number of carbonyl (C=O) groups excluding carboxylic acids is 1. The summed E-state index contributed by atoms with van der Waals surface area (Å²) in [4.78, 5) is 17.1. The van der Waals surface area contributed by atoms with E-state index in [0.717, 1.165) is 26.2 Å². The van der Waals surface area contributed by atoms with Gasteiger partial charge in [-0.3, -0.25) is 9.69 Å². The maximum atomic E-state index is 12.3. The molecule has 3 rings (SSSR count). The van der Waals surface area contributed by atoms with Crippen molar-refractivity contribution in [3.05, 3.63) is 22.7 Å². The van der Waals surface area contributed by atoms with Crippen LogP contribution in [0.5, 0.6) is 11.5 Å². The number of ether oxygens (including phenoxy) is 2. The number of amides is 1. The minimum Gasteiger partial charge on any atom is -0.454 e. The van der Waals surface area contributed by atoms with Gasteiger partial charge >= 0.3 is 0 Å². The predicted octanol–water partition coefficient (Wildman–Crippen LogP) is 1.43. The lowest BCUT2D eigenvalue weighted by molar-refractivity contribution is 0.0903. The van der Waals surface area contributed by atoms with Crippen molar-refractivity contribution in [1.82, 2.24) is 15.1 Å². The maximum Gasteiger partial charge on any atom is 0.251 e. The van der Waals surface area contributed by atoms with Crippen LogP contribution in [-0.4, -0.2) is 68.3 Å². The molecular weight excluding hydrogens is 318 g/mol. The fraction of sp³-hybridized carbons (Fsp3) is 0.562. The summed E-state index contributed by atoms with van der Waals surface area (Å²) < 4.78 is 10.6. The van der Waals surface area contributed by atoms with E-state index in [-0.39, 0.29) is 12.7 Å². The van der Waals surface area contributed by atoms with Gasteiger partial charge in [-0.05, 0) is 26.1 Å². The van der Waals surface area contributed by atoms with Gasteiger partial charge in [0.15, 0.2) is 11.5 Å². The Morgan fingerprint density at radius 3 is 2.78 bits per heavy atom. The van der Waals surface area contributed by atoms with Crippen LogP contribution >= 0.6 is 11.6 Å². The summed E-state index contributed by atoms with van der Waals surface area (Å²) in [6.07, 6.45) is 0. The number of piperazine rings is 1. The SMILES string of the molecule is CC(CNC(=O)c1cc(Cl)c2c(c1)OCO2)N1CCN(C)CC1. The molecule has 0 spiro atoms. The van der Waals surface area contributed by atoms with Crippen molar-refractivity contribution in [3.63, 3.8) is 0 Å². The first-order valence-corrected chi connectivity index (χ1v) is 8.22. The molecule has 1 amide bonds. The van der Waals surface area contributed by atoms with Crippen LogP contribution in [0.2, 0.25) is 5.02 Å². The van der Waals surface area contributed by atoms with Gasteiger partial charge in [-0.25, -0.2) is 0 Å². The molecule has 23 heavy (non-hydrogen) atoms. The van der Waals surface area contributed by atoms with E-state index in [1.165, 1.54) is 0 Å². The molecule has 1 atom stereocenters. The number of fused-ring (bicyclic) bond motifs is 1.